The van der Waals surface area contributed by atoms with Crippen molar-refractivity contribution in [1.82, 2.24) is 9.38 Å². The summed E-state index contributed by atoms with van der Waals surface area (Å²) in [4.78, 5) is 5.44. The summed E-state index contributed by atoms with van der Waals surface area (Å²) in [6.07, 6.45) is 2.77. The minimum Gasteiger partial charge on any atom is -0.330 e. The van der Waals surface area contributed by atoms with Crippen LogP contribution in [0.2, 0.25) is 0 Å². The van der Waals surface area contributed by atoms with Crippen LogP contribution in [0.4, 0.5) is 4.39 Å². The first-order valence-electron chi connectivity index (χ1n) is 5.69. The number of aromatic nitrogens is 2. The first-order valence-corrected chi connectivity index (χ1v) is 6.57. The second-order valence-electron chi connectivity index (χ2n) is 4.05. The van der Waals surface area contributed by atoms with Crippen molar-refractivity contribution >= 4 is 16.3 Å². The molecule has 3 nitrogen and oxygen atoms in total. The molecule has 1 aromatic carbocycles. The van der Waals surface area contributed by atoms with Gasteiger partial charge < -0.3 is 5.73 Å². The molecule has 92 valence electrons. The lowest BCUT2D eigenvalue weighted by Gasteiger charge is -1.99. The SMILES string of the molecule is NCCc1cn2c(-c3ccc(F)cc3)csc2n1. The van der Waals surface area contributed by atoms with E-state index in [1.165, 1.54) is 12.1 Å². The Bertz CT molecular complexity index is 669. The van der Waals surface area contributed by atoms with E-state index in [4.69, 9.17) is 5.73 Å². The quantitative estimate of drug-likeness (QED) is 0.787. The highest BCUT2D eigenvalue weighted by Crippen LogP contribution is 2.26. The number of imidazole rings is 1. The van der Waals surface area contributed by atoms with Gasteiger partial charge in [-0.15, -0.1) is 11.3 Å². The Morgan fingerprint density at radius 3 is 2.78 bits per heavy atom. The Kier molecular flexibility index (Phi) is 2.85. The molecule has 0 amide bonds. The van der Waals surface area contributed by atoms with Crippen LogP contribution in [-0.2, 0) is 6.42 Å². The van der Waals surface area contributed by atoms with Crippen molar-refractivity contribution in [3.05, 3.63) is 47.4 Å². The standard InChI is InChI=1S/C13H12FN3S/c14-10-3-1-9(2-4-10)12-8-18-13-16-11(5-6-15)7-17(12)13/h1-4,7-8H,5-6,15H2. The van der Waals surface area contributed by atoms with Crippen LogP contribution in [0.25, 0.3) is 16.2 Å². The van der Waals surface area contributed by atoms with Crippen molar-refractivity contribution in [3.8, 4) is 11.3 Å². The molecule has 5 heteroatoms. The molecule has 0 saturated heterocycles. The Morgan fingerprint density at radius 2 is 2.06 bits per heavy atom. The van der Waals surface area contributed by atoms with Crippen LogP contribution in [0.15, 0.2) is 35.8 Å². The zero-order valence-corrected chi connectivity index (χ0v) is 10.5. The third-order valence-corrected chi connectivity index (χ3v) is 3.64. The van der Waals surface area contributed by atoms with E-state index < -0.39 is 0 Å². The number of hydrogen-bond acceptors (Lipinski definition) is 3. The summed E-state index contributed by atoms with van der Waals surface area (Å²) in [5.41, 5.74) is 8.54. The number of hydrogen-bond donors (Lipinski definition) is 1. The first-order chi connectivity index (χ1) is 8.78. The molecule has 0 radical (unpaired) electrons. The van der Waals surface area contributed by atoms with Gasteiger partial charge >= 0.3 is 0 Å². The Balaban J connectivity index is 2.08. The number of fused-ring (bicyclic) bond motifs is 1. The lowest BCUT2D eigenvalue weighted by molar-refractivity contribution is 0.628. The van der Waals surface area contributed by atoms with Crippen molar-refractivity contribution in [2.24, 2.45) is 5.73 Å². The lowest BCUT2D eigenvalue weighted by Crippen LogP contribution is -2.02. The second-order valence-corrected chi connectivity index (χ2v) is 4.89. The van der Waals surface area contributed by atoms with Crippen molar-refractivity contribution in [2.45, 2.75) is 6.42 Å². The van der Waals surface area contributed by atoms with E-state index in [1.807, 2.05) is 16.0 Å². The summed E-state index contributed by atoms with van der Waals surface area (Å²) in [5, 5.41) is 2.03. The molecule has 0 saturated carbocycles. The predicted molar refractivity (Wildman–Crippen MR) is 71.2 cm³/mol. The molecule has 0 aliphatic carbocycles. The van der Waals surface area contributed by atoms with Gasteiger partial charge in [-0.05, 0) is 36.4 Å². The number of rotatable bonds is 3. The molecule has 2 heterocycles. The highest BCUT2D eigenvalue weighted by atomic mass is 32.1. The van der Waals surface area contributed by atoms with Crippen LogP contribution in [0.3, 0.4) is 0 Å². The van der Waals surface area contributed by atoms with Gasteiger partial charge in [0.25, 0.3) is 0 Å². The van der Waals surface area contributed by atoms with Gasteiger partial charge in [-0.1, -0.05) is 0 Å². The Morgan fingerprint density at radius 1 is 1.28 bits per heavy atom. The maximum atomic E-state index is 12.9. The highest BCUT2D eigenvalue weighted by Gasteiger charge is 2.09. The molecule has 2 aromatic heterocycles. The van der Waals surface area contributed by atoms with E-state index in [2.05, 4.69) is 4.98 Å². The van der Waals surface area contributed by atoms with Crippen molar-refractivity contribution < 1.29 is 4.39 Å². The summed E-state index contributed by atoms with van der Waals surface area (Å²) in [6, 6.07) is 6.49. The number of nitrogens with two attached hydrogens (primary N) is 1. The molecule has 0 aliphatic rings. The summed E-state index contributed by atoms with van der Waals surface area (Å²) in [5.74, 6) is -0.223. The highest BCUT2D eigenvalue weighted by molar-refractivity contribution is 7.15. The maximum absolute atomic E-state index is 12.9. The lowest BCUT2D eigenvalue weighted by atomic mass is 10.2. The van der Waals surface area contributed by atoms with Crippen LogP contribution in [0, 0.1) is 5.82 Å². The van der Waals surface area contributed by atoms with E-state index >= 15 is 0 Å². The molecule has 3 aromatic rings. The summed E-state index contributed by atoms with van der Waals surface area (Å²) in [7, 11) is 0. The number of thiazole rings is 1. The zero-order valence-electron chi connectivity index (χ0n) is 9.64. The molecule has 18 heavy (non-hydrogen) atoms. The van der Waals surface area contributed by atoms with E-state index in [0.717, 1.165) is 28.3 Å². The van der Waals surface area contributed by atoms with Gasteiger partial charge in [0, 0.05) is 18.0 Å². The predicted octanol–water partition coefficient (Wildman–Crippen LogP) is 2.70. The van der Waals surface area contributed by atoms with Crippen LogP contribution in [0.1, 0.15) is 5.69 Å². The normalized spacial score (nSPS) is 11.2. The molecule has 2 N–H and O–H groups in total. The van der Waals surface area contributed by atoms with E-state index in [1.54, 1.807) is 23.5 Å². The fraction of sp³-hybridized carbons (Fsp3) is 0.154. The van der Waals surface area contributed by atoms with Crippen LogP contribution < -0.4 is 5.73 Å². The zero-order chi connectivity index (χ0) is 12.5. The molecule has 0 aliphatic heterocycles. The van der Waals surface area contributed by atoms with Gasteiger partial charge in [-0.25, -0.2) is 9.37 Å². The smallest absolute Gasteiger partial charge is 0.194 e. The molecule has 0 bridgehead atoms. The third kappa shape index (κ3) is 1.91. The summed E-state index contributed by atoms with van der Waals surface area (Å²) in [6.45, 7) is 0.594. The molecule has 3 rings (SSSR count). The largest absolute Gasteiger partial charge is 0.330 e. The number of nitrogens with zero attached hydrogens (tertiary/aromatic N) is 2. The van der Waals surface area contributed by atoms with Crippen molar-refractivity contribution in [3.63, 3.8) is 0 Å². The van der Waals surface area contributed by atoms with E-state index in [0.29, 0.717) is 6.54 Å². The average molecular weight is 261 g/mol. The molecule has 0 spiro atoms. The van der Waals surface area contributed by atoms with Crippen molar-refractivity contribution in [1.29, 1.82) is 0 Å². The Hall–Kier alpha value is -1.72. The first kappa shape index (κ1) is 11.4. The Labute approximate surface area is 108 Å². The van der Waals surface area contributed by atoms with Gasteiger partial charge in [-0.2, -0.15) is 0 Å². The monoisotopic (exact) mass is 261 g/mol. The molecule has 0 unspecified atom stereocenters. The summed E-state index contributed by atoms with van der Waals surface area (Å²) < 4.78 is 14.9. The minimum atomic E-state index is -0.223. The fourth-order valence-electron chi connectivity index (χ4n) is 1.93. The van der Waals surface area contributed by atoms with Gasteiger partial charge in [0.1, 0.15) is 5.82 Å². The number of halogens is 1. The van der Waals surface area contributed by atoms with Crippen molar-refractivity contribution in [2.75, 3.05) is 6.54 Å². The average Bonchev–Trinajstić information content (AvgIpc) is 2.90. The third-order valence-electron chi connectivity index (χ3n) is 2.80. The van der Waals surface area contributed by atoms with Gasteiger partial charge in [-0.3, -0.25) is 4.40 Å². The van der Waals surface area contributed by atoms with E-state index in [9.17, 15) is 4.39 Å². The molecule has 0 fully saturated rings. The number of benzene rings is 1. The van der Waals surface area contributed by atoms with Gasteiger partial charge in [0.2, 0.25) is 0 Å². The van der Waals surface area contributed by atoms with Crippen LogP contribution in [0.5, 0.6) is 0 Å². The van der Waals surface area contributed by atoms with Crippen LogP contribution >= 0.6 is 11.3 Å². The molecular formula is C13H12FN3S. The second kappa shape index (κ2) is 4.51. The van der Waals surface area contributed by atoms with E-state index in [-0.39, 0.29) is 5.82 Å². The van der Waals surface area contributed by atoms with Gasteiger partial charge in [0.15, 0.2) is 4.96 Å². The minimum absolute atomic E-state index is 0.223. The maximum Gasteiger partial charge on any atom is 0.194 e. The van der Waals surface area contributed by atoms with Crippen LogP contribution in [-0.4, -0.2) is 15.9 Å². The topological polar surface area (TPSA) is 43.3 Å². The summed E-state index contributed by atoms with van der Waals surface area (Å²) >= 11 is 1.58. The molecule has 0 atom stereocenters. The fourth-order valence-corrected chi connectivity index (χ4v) is 2.83. The van der Waals surface area contributed by atoms with Gasteiger partial charge in [0.05, 0.1) is 11.4 Å². The molecular weight excluding hydrogens is 249 g/mol.